The van der Waals surface area contributed by atoms with Crippen molar-refractivity contribution < 1.29 is 28.6 Å². The Balaban J connectivity index is 1.52. The highest BCUT2D eigenvalue weighted by molar-refractivity contribution is 6.00. The first-order valence-corrected chi connectivity index (χ1v) is 11.5. The molecule has 2 heterocycles. The number of para-hydroxylation sites is 1. The van der Waals surface area contributed by atoms with Gasteiger partial charge in [-0.25, -0.2) is 9.59 Å². The molecule has 2 amide bonds. The van der Waals surface area contributed by atoms with Crippen LogP contribution in [-0.2, 0) is 42.1 Å². The molecule has 1 fully saturated rings. The predicted octanol–water partition coefficient (Wildman–Crippen LogP) is 1.63. The smallest absolute Gasteiger partial charge is 0.332 e. The molecule has 0 spiro atoms. The number of nitrogens with one attached hydrogen (secondary N) is 1. The van der Waals surface area contributed by atoms with E-state index in [0.29, 0.717) is 31.6 Å². The molecule has 1 aliphatic rings. The Kier molecular flexibility index (Phi) is 8.27. The molecule has 3 rings (SSSR count). The van der Waals surface area contributed by atoms with Gasteiger partial charge in [0, 0.05) is 20.1 Å². The molecule has 34 heavy (non-hydrogen) atoms. The molecule has 1 N–H and O–H groups in total. The summed E-state index contributed by atoms with van der Waals surface area (Å²) in [5.74, 6) is -1.17. The Morgan fingerprint density at radius 1 is 1.12 bits per heavy atom. The summed E-state index contributed by atoms with van der Waals surface area (Å²) in [7, 11) is 1.69. The van der Waals surface area contributed by atoms with E-state index in [9.17, 15) is 19.2 Å². The van der Waals surface area contributed by atoms with E-state index in [0.717, 1.165) is 17.5 Å². The maximum absolute atomic E-state index is 13.0. The molecular formula is C24H33N3O7. The van der Waals surface area contributed by atoms with Crippen molar-refractivity contribution in [3.63, 3.8) is 0 Å². The van der Waals surface area contributed by atoms with Crippen LogP contribution in [0, 0.1) is 0 Å². The van der Waals surface area contributed by atoms with Crippen LogP contribution in [-0.4, -0.2) is 58.9 Å². The van der Waals surface area contributed by atoms with Gasteiger partial charge in [-0.2, -0.15) is 0 Å². The summed E-state index contributed by atoms with van der Waals surface area (Å²) >= 11 is 0. The summed E-state index contributed by atoms with van der Waals surface area (Å²) in [5, 5.41) is 2.32. The fourth-order valence-electron chi connectivity index (χ4n) is 4.06. The third-order valence-electron chi connectivity index (χ3n) is 5.45. The minimum atomic E-state index is -0.701. The fourth-order valence-corrected chi connectivity index (χ4v) is 4.06. The van der Waals surface area contributed by atoms with E-state index >= 15 is 0 Å². The highest BCUT2D eigenvalue weighted by Gasteiger charge is 2.31. The predicted molar refractivity (Wildman–Crippen MR) is 124 cm³/mol. The molecule has 1 unspecified atom stereocenters. The number of carbonyl (C=O) groups excluding carboxylic acids is 3. The zero-order valence-corrected chi connectivity index (χ0v) is 20.2. The summed E-state index contributed by atoms with van der Waals surface area (Å²) in [6, 6.07) is 4.95. The van der Waals surface area contributed by atoms with Crippen LogP contribution in [0.15, 0.2) is 23.0 Å². The van der Waals surface area contributed by atoms with Gasteiger partial charge in [0.1, 0.15) is 18.2 Å². The monoisotopic (exact) mass is 475 g/mol. The summed E-state index contributed by atoms with van der Waals surface area (Å²) in [4.78, 5) is 48.4. The number of esters is 1. The molecule has 0 saturated carbocycles. The normalized spacial score (nSPS) is 16.6. The second kappa shape index (κ2) is 11.0. The van der Waals surface area contributed by atoms with Crippen LogP contribution in [0.2, 0.25) is 0 Å². The lowest BCUT2D eigenvalue weighted by molar-refractivity contribution is -0.160. The van der Waals surface area contributed by atoms with Gasteiger partial charge in [0.2, 0.25) is 11.8 Å². The van der Waals surface area contributed by atoms with Gasteiger partial charge in [-0.05, 0) is 51.7 Å². The Bertz CT molecular complexity index is 1110. The molecular weight excluding hydrogens is 442 g/mol. The number of carbonyl (C=O) groups is 3. The number of amides is 2. The van der Waals surface area contributed by atoms with Crippen molar-refractivity contribution >= 4 is 28.8 Å². The van der Waals surface area contributed by atoms with Crippen LogP contribution >= 0.6 is 0 Å². The van der Waals surface area contributed by atoms with Gasteiger partial charge in [-0.3, -0.25) is 24.0 Å². The number of imide groups is 1. The van der Waals surface area contributed by atoms with E-state index in [2.05, 4.69) is 5.32 Å². The zero-order chi connectivity index (χ0) is 24.9. The fraction of sp³-hybridized carbons (Fsp3) is 0.583. The van der Waals surface area contributed by atoms with E-state index in [1.807, 2.05) is 18.2 Å². The molecule has 0 bridgehead atoms. The molecule has 10 nitrogen and oxygen atoms in total. The molecule has 1 saturated heterocycles. The number of fused-ring (bicyclic) bond motifs is 1. The Labute approximate surface area is 198 Å². The number of rotatable bonds is 10. The average Bonchev–Trinajstić information content (AvgIpc) is 3.00. The van der Waals surface area contributed by atoms with Crippen LogP contribution in [0.1, 0.15) is 51.6 Å². The quantitative estimate of drug-likeness (QED) is 0.315. The molecule has 186 valence electrons. The second-order valence-electron chi connectivity index (χ2n) is 9.32. The molecule has 10 heteroatoms. The molecule has 1 aromatic heterocycles. The van der Waals surface area contributed by atoms with Crippen molar-refractivity contribution in [2.75, 3.05) is 26.4 Å². The first kappa shape index (κ1) is 25.6. The Morgan fingerprint density at radius 3 is 2.56 bits per heavy atom. The maximum Gasteiger partial charge on any atom is 0.332 e. The van der Waals surface area contributed by atoms with Crippen LogP contribution in [0.3, 0.4) is 0 Å². The summed E-state index contributed by atoms with van der Waals surface area (Å²) in [6.45, 7) is 6.44. The van der Waals surface area contributed by atoms with Gasteiger partial charge in [-0.1, -0.05) is 12.1 Å². The minimum absolute atomic E-state index is 0.110. The molecule has 1 aliphatic heterocycles. The number of benzene rings is 1. The van der Waals surface area contributed by atoms with E-state index < -0.39 is 23.5 Å². The topological polar surface area (TPSA) is 118 Å². The number of ether oxygens (including phenoxy) is 3. The molecule has 0 radical (unpaired) electrons. The number of hydrogen-bond acceptors (Lipinski definition) is 7. The van der Waals surface area contributed by atoms with Gasteiger partial charge >= 0.3 is 11.7 Å². The van der Waals surface area contributed by atoms with E-state index in [4.69, 9.17) is 14.2 Å². The van der Waals surface area contributed by atoms with E-state index in [1.165, 1.54) is 4.57 Å². The maximum atomic E-state index is 13.0. The van der Waals surface area contributed by atoms with Crippen molar-refractivity contribution in [1.82, 2.24) is 14.5 Å². The number of hydrogen-bond donors (Lipinski definition) is 1. The summed E-state index contributed by atoms with van der Waals surface area (Å²) < 4.78 is 19.1. The van der Waals surface area contributed by atoms with Gasteiger partial charge < -0.3 is 14.2 Å². The zero-order valence-electron chi connectivity index (χ0n) is 20.2. The van der Waals surface area contributed by atoms with E-state index in [1.54, 1.807) is 32.4 Å². The number of aromatic nitrogens is 2. The second-order valence-corrected chi connectivity index (χ2v) is 9.32. The average molecular weight is 476 g/mol. The number of nitrogens with zero attached hydrogens (tertiary/aromatic N) is 2. The van der Waals surface area contributed by atoms with Crippen molar-refractivity contribution in [2.24, 2.45) is 7.05 Å². The third-order valence-corrected chi connectivity index (χ3v) is 5.45. The SMILES string of the molecule is Cn1c(=O)n(C2CCC(=O)NC2=O)c2cccc(CCCOCCOCC(=O)OC(C)(C)C)c21. The highest BCUT2D eigenvalue weighted by atomic mass is 16.6. The molecule has 1 atom stereocenters. The number of aryl methyl sites for hydroxylation is 2. The standard InChI is InChI=1S/C24H33N3O7/c1-24(2,3)34-20(29)15-33-14-13-32-12-6-8-16-7-5-9-17-21(16)26(4)23(31)27(17)18-10-11-19(28)25-22(18)30/h5,7,9,18H,6,8,10-15H2,1-4H3,(H,25,28,30). The number of imidazole rings is 1. The molecule has 0 aliphatic carbocycles. The number of piperidine rings is 1. The summed E-state index contributed by atoms with van der Waals surface area (Å²) in [6.07, 6.45) is 1.92. The lowest BCUT2D eigenvalue weighted by Crippen LogP contribution is -2.44. The summed E-state index contributed by atoms with van der Waals surface area (Å²) in [5.41, 5.74) is 1.61. The van der Waals surface area contributed by atoms with Gasteiger partial charge in [-0.15, -0.1) is 0 Å². The van der Waals surface area contributed by atoms with Gasteiger partial charge in [0.15, 0.2) is 0 Å². The van der Waals surface area contributed by atoms with E-state index in [-0.39, 0.29) is 31.2 Å². The van der Waals surface area contributed by atoms with Crippen LogP contribution in [0.4, 0.5) is 0 Å². The molecule has 1 aromatic carbocycles. The molecule has 2 aromatic rings. The Hall–Kier alpha value is -2.98. The van der Waals surface area contributed by atoms with Crippen LogP contribution in [0.5, 0.6) is 0 Å². The van der Waals surface area contributed by atoms with Crippen molar-refractivity contribution in [3.8, 4) is 0 Å². The van der Waals surface area contributed by atoms with Gasteiger partial charge in [0.25, 0.3) is 0 Å². The largest absolute Gasteiger partial charge is 0.458 e. The van der Waals surface area contributed by atoms with Crippen LogP contribution < -0.4 is 11.0 Å². The van der Waals surface area contributed by atoms with Crippen molar-refractivity contribution in [2.45, 2.75) is 58.1 Å². The first-order chi connectivity index (χ1) is 16.1. The Morgan fingerprint density at radius 2 is 1.85 bits per heavy atom. The highest BCUT2D eigenvalue weighted by Crippen LogP contribution is 2.25. The van der Waals surface area contributed by atoms with Crippen molar-refractivity contribution in [1.29, 1.82) is 0 Å². The third kappa shape index (κ3) is 6.32. The van der Waals surface area contributed by atoms with Gasteiger partial charge in [0.05, 0.1) is 24.2 Å². The lowest BCUT2D eigenvalue weighted by atomic mass is 10.0. The van der Waals surface area contributed by atoms with Crippen LogP contribution in [0.25, 0.3) is 11.0 Å². The minimum Gasteiger partial charge on any atom is -0.458 e. The first-order valence-electron chi connectivity index (χ1n) is 11.5. The lowest BCUT2D eigenvalue weighted by Gasteiger charge is -2.21. The van der Waals surface area contributed by atoms with Crippen molar-refractivity contribution in [3.05, 3.63) is 34.2 Å².